The van der Waals surface area contributed by atoms with Crippen LogP contribution in [0.3, 0.4) is 0 Å². The van der Waals surface area contributed by atoms with Gasteiger partial charge in [0.1, 0.15) is 5.84 Å². The highest BCUT2D eigenvalue weighted by Crippen LogP contribution is 2.32. The van der Waals surface area contributed by atoms with Gasteiger partial charge in [0.15, 0.2) is 0 Å². The van der Waals surface area contributed by atoms with Crippen molar-refractivity contribution in [2.75, 3.05) is 46.9 Å². The number of benzene rings is 1. The van der Waals surface area contributed by atoms with Gasteiger partial charge < -0.3 is 20.3 Å². The lowest BCUT2D eigenvalue weighted by Gasteiger charge is -2.27. The summed E-state index contributed by atoms with van der Waals surface area (Å²) in [5.41, 5.74) is 5.07. The van der Waals surface area contributed by atoms with Crippen molar-refractivity contribution in [3.63, 3.8) is 0 Å². The first-order valence-corrected chi connectivity index (χ1v) is 11.5. The molecule has 32 heavy (non-hydrogen) atoms. The van der Waals surface area contributed by atoms with E-state index < -0.39 is 0 Å². The zero-order chi connectivity index (χ0) is 23.6. The fourth-order valence-electron chi connectivity index (χ4n) is 3.97. The molecule has 0 bridgehead atoms. The molecule has 0 radical (unpaired) electrons. The Morgan fingerprint density at radius 1 is 1.38 bits per heavy atom. The normalized spacial score (nSPS) is 19.2. The Morgan fingerprint density at radius 2 is 2.12 bits per heavy atom. The number of hydrogen-bond acceptors (Lipinski definition) is 6. The zero-order valence-corrected chi connectivity index (χ0v) is 20.6. The maximum Gasteiger partial charge on any atom is 0.148 e. The summed E-state index contributed by atoms with van der Waals surface area (Å²) in [6.45, 7) is 12.1. The number of methoxy groups -OCH3 is 1. The largest absolute Gasteiger partial charge is 0.383 e. The van der Waals surface area contributed by atoms with Crippen LogP contribution in [0.4, 0.5) is 0 Å². The summed E-state index contributed by atoms with van der Waals surface area (Å²) in [5, 5.41) is 17.1. The second-order valence-electron chi connectivity index (χ2n) is 8.75. The number of likely N-dealkylation sites (N-methyl/N-ethyl adjacent to an activating group) is 1. The third kappa shape index (κ3) is 6.69. The maximum absolute atomic E-state index is 10.1. The highest BCUT2D eigenvalue weighted by Gasteiger charge is 2.25. The van der Waals surface area contributed by atoms with Crippen molar-refractivity contribution in [1.29, 1.82) is 5.26 Å². The van der Waals surface area contributed by atoms with Gasteiger partial charge in [0.2, 0.25) is 0 Å². The second kappa shape index (κ2) is 12.4. The maximum atomic E-state index is 10.1. The SMILES string of the molecule is C/C=C(/C1=NCCC(C)(C)c2ccccc2C/C(C#N)=C(/CNCCOC)N1)N(C)CC. The van der Waals surface area contributed by atoms with Crippen molar-refractivity contribution >= 4 is 5.84 Å². The predicted octanol–water partition coefficient (Wildman–Crippen LogP) is 3.77. The Labute approximate surface area is 194 Å². The number of nitriles is 1. The highest BCUT2D eigenvalue weighted by molar-refractivity contribution is 5.99. The number of rotatable bonds is 8. The van der Waals surface area contributed by atoms with Gasteiger partial charge >= 0.3 is 0 Å². The molecule has 1 aromatic rings. The minimum Gasteiger partial charge on any atom is -0.383 e. The van der Waals surface area contributed by atoms with Crippen LogP contribution in [0.1, 0.15) is 45.2 Å². The van der Waals surface area contributed by atoms with Gasteiger partial charge in [0.25, 0.3) is 0 Å². The van der Waals surface area contributed by atoms with E-state index in [1.165, 1.54) is 11.1 Å². The average Bonchev–Trinajstić information content (AvgIpc) is 2.80. The first kappa shape index (κ1) is 25.6. The summed E-state index contributed by atoms with van der Waals surface area (Å²) in [6, 6.07) is 11.0. The van der Waals surface area contributed by atoms with E-state index in [1.807, 2.05) is 6.92 Å². The summed E-state index contributed by atoms with van der Waals surface area (Å²) in [5.74, 6) is 0.815. The smallest absolute Gasteiger partial charge is 0.148 e. The Hall–Kier alpha value is -2.62. The zero-order valence-electron chi connectivity index (χ0n) is 20.6. The van der Waals surface area contributed by atoms with Crippen molar-refractivity contribution in [3.8, 4) is 6.07 Å². The predicted molar refractivity (Wildman–Crippen MR) is 133 cm³/mol. The number of nitrogens with one attached hydrogen (secondary N) is 2. The van der Waals surface area contributed by atoms with Gasteiger partial charge in [0, 0.05) is 52.5 Å². The van der Waals surface area contributed by atoms with E-state index in [2.05, 4.69) is 79.8 Å². The Kier molecular flexibility index (Phi) is 9.96. The molecule has 6 heteroatoms. The number of amidine groups is 1. The lowest BCUT2D eigenvalue weighted by atomic mass is 9.78. The van der Waals surface area contributed by atoms with Gasteiger partial charge in [-0.25, -0.2) is 0 Å². The summed E-state index contributed by atoms with van der Waals surface area (Å²) in [4.78, 5) is 7.17. The molecule has 174 valence electrons. The minimum absolute atomic E-state index is 0.0419. The van der Waals surface area contributed by atoms with E-state index in [0.29, 0.717) is 32.7 Å². The molecule has 0 aromatic heterocycles. The van der Waals surface area contributed by atoms with Gasteiger partial charge in [-0.05, 0) is 36.8 Å². The second-order valence-corrected chi connectivity index (χ2v) is 8.75. The molecular weight excluding hydrogens is 398 g/mol. The monoisotopic (exact) mass is 437 g/mol. The molecule has 0 aliphatic carbocycles. The van der Waals surface area contributed by atoms with Gasteiger partial charge in [-0.15, -0.1) is 0 Å². The van der Waals surface area contributed by atoms with Gasteiger partial charge in [-0.1, -0.05) is 44.2 Å². The van der Waals surface area contributed by atoms with E-state index in [1.54, 1.807) is 7.11 Å². The molecule has 0 atom stereocenters. The quantitative estimate of drug-likeness (QED) is 0.606. The summed E-state index contributed by atoms with van der Waals surface area (Å²) < 4.78 is 5.17. The molecule has 1 aliphatic rings. The van der Waals surface area contributed by atoms with Gasteiger partial charge in [0.05, 0.1) is 23.9 Å². The number of nitrogens with zero attached hydrogens (tertiary/aromatic N) is 3. The van der Waals surface area contributed by atoms with Crippen LogP contribution in [0.2, 0.25) is 0 Å². The summed E-state index contributed by atoms with van der Waals surface area (Å²) in [7, 11) is 3.76. The molecule has 0 fully saturated rings. The Bertz CT molecular complexity index is 892. The number of aliphatic imine (C=N–C) groups is 1. The number of fused-ring (bicyclic) bond motifs is 1. The fourth-order valence-corrected chi connectivity index (χ4v) is 3.97. The molecule has 6 nitrogen and oxygen atoms in total. The van der Waals surface area contributed by atoms with Crippen molar-refractivity contribution in [3.05, 3.63) is 58.4 Å². The number of ether oxygens (including phenoxy) is 1. The van der Waals surface area contributed by atoms with Crippen molar-refractivity contribution < 1.29 is 4.74 Å². The van der Waals surface area contributed by atoms with Gasteiger partial charge in [-0.3, -0.25) is 4.99 Å². The third-order valence-electron chi connectivity index (χ3n) is 6.08. The van der Waals surface area contributed by atoms with Crippen molar-refractivity contribution in [2.45, 2.75) is 46.0 Å². The number of hydrogen-bond donors (Lipinski definition) is 2. The van der Waals surface area contributed by atoms with Crippen LogP contribution in [0.15, 0.2) is 52.3 Å². The van der Waals surface area contributed by atoms with E-state index in [4.69, 9.17) is 9.73 Å². The van der Waals surface area contributed by atoms with Crippen LogP contribution in [-0.2, 0) is 16.6 Å². The van der Waals surface area contributed by atoms with Crippen molar-refractivity contribution in [1.82, 2.24) is 15.5 Å². The van der Waals surface area contributed by atoms with Crippen LogP contribution >= 0.6 is 0 Å². The first-order chi connectivity index (χ1) is 15.4. The van der Waals surface area contributed by atoms with Crippen LogP contribution in [0.5, 0.6) is 0 Å². The number of allylic oxidation sites excluding steroid dienone is 2. The Balaban J connectivity index is 2.58. The highest BCUT2D eigenvalue weighted by atomic mass is 16.5. The molecular formula is C26H39N5O. The molecule has 2 rings (SSSR count). The lowest BCUT2D eigenvalue weighted by Crippen LogP contribution is -2.37. The molecule has 1 aliphatic heterocycles. The average molecular weight is 438 g/mol. The molecule has 0 spiro atoms. The topological polar surface area (TPSA) is 72.7 Å². The van der Waals surface area contributed by atoms with Crippen LogP contribution in [0.25, 0.3) is 0 Å². The molecule has 0 saturated carbocycles. The first-order valence-electron chi connectivity index (χ1n) is 11.5. The van der Waals surface area contributed by atoms with Crippen LogP contribution in [0, 0.1) is 11.3 Å². The molecule has 2 N–H and O–H groups in total. The van der Waals surface area contributed by atoms with Crippen molar-refractivity contribution in [2.24, 2.45) is 4.99 Å². The summed E-state index contributed by atoms with van der Waals surface area (Å²) >= 11 is 0. The van der Waals surface area contributed by atoms with E-state index in [9.17, 15) is 5.26 Å². The van der Waals surface area contributed by atoms with Crippen LogP contribution < -0.4 is 10.6 Å². The van der Waals surface area contributed by atoms with E-state index >= 15 is 0 Å². The standard InChI is InChI=1S/C26H39N5O/c1-7-24(31(5)8-2)25-29-14-13-26(3,4)22-12-10-9-11-20(22)17-21(18-27)23(30-25)19-28-15-16-32-6/h7,9-12,28H,8,13-17,19H2,1-6H3,(H,29,30)/b23-21+,24-7-. The van der Waals surface area contributed by atoms with E-state index in [0.717, 1.165) is 35.8 Å². The van der Waals surface area contributed by atoms with Gasteiger partial charge in [-0.2, -0.15) is 5.26 Å². The van der Waals surface area contributed by atoms with E-state index in [-0.39, 0.29) is 5.41 Å². The Morgan fingerprint density at radius 3 is 2.78 bits per heavy atom. The fraction of sp³-hybridized carbons (Fsp3) is 0.538. The van der Waals surface area contributed by atoms with Crippen LogP contribution in [-0.4, -0.2) is 57.7 Å². The minimum atomic E-state index is -0.0419. The summed E-state index contributed by atoms with van der Waals surface area (Å²) in [6.07, 6.45) is 3.59. The molecule has 1 aromatic carbocycles. The molecule has 0 saturated heterocycles. The molecule has 0 unspecified atom stereocenters. The molecule has 1 heterocycles. The third-order valence-corrected chi connectivity index (χ3v) is 6.08. The molecule has 0 amide bonds. The lowest BCUT2D eigenvalue weighted by molar-refractivity contribution is 0.200.